The second-order valence-electron chi connectivity index (χ2n) is 10.4. The van der Waals surface area contributed by atoms with E-state index in [9.17, 15) is 22.9 Å². The third-order valence-corrected chi connectivity index (χ3v) is 7.33. The minimum absolute atomic E-state index is 0.277. The summed E-state index contributed by atoms with van der Waals surface area (Å²) >= 11 is 0. The second-order valence-corrected chi connectivity index (χ2v) is 11.9. The largest absolute Gasteiger partial charge is 0.391 e. The number of aliphatic hydroxyl groups is 1. The lowest BCUT2D eigenvalue weighted by Gasteiger charge is -2.23. The van der Waals surface area contributed by atoms with E-state index in [2.05, 4.69) is 67.8 Å². The van der Waals surface area contributed by atoms with Crippen LogP contribution in [-0.2, 0) is 14.9 Å². The lowest BCUT2D eigenvalue weighted by Crippen LogP contribution is -2.47. The fourth-order valence-electron chi connectivity index (χ4n) is 4.27. The molecule has 0 fully saturated rings. The number of carbonyl (C=O) groups excluding carboxylic acids is 1. The SMILES string of the molecule is CC/C=C\C/C=C\C/C=C\C/C=C\CCCCCCC(=O)NC(CS(=O)(=O)O)C(O)CCCCCCCCC. The maximum Gasteiger partial charge on any atom is 0.266 e. The molecule has 0 spiro atoms. The first kappa shape index (κ1) is 37.3. The summed E-state index contributed by atoms with van der Waals surface area (Å²) in [6, 6.07) is -0.981. The molecule has 226 valence electrons. The van der Waals surface area contributed by atoms with Gasteiger partial charge in [-0.3, -0.25) is 9.35 Å². The molecule has 39 heavy (non-hydrogen) atoms. The van der Waals surface area contributed by atoms with Gasteiger partial charge in [0.15, 0.2) is 0 Å². The smallest absolute Gasteiger partial charge is 0.266 e. The molecule has 0 saturated heterocycles. The van der Waals surface area contributed by atoms with Crippen LogP contribution < -0.4 is 5.32 Å². The summed E-state index contributed by atoms with van der Waals surface area (Å²) in [5, 5.41) is 13.1. The van der Waals surface area contributed by atoms with E-state index in [0.717, 1.165) is 70.6 Å². The maximum atomic E-state index is 12.4. The van der Waals surface area contributed by atoms with Crippen molar-refractivity contribution in [2.75, 3.05) is 5.75 Å². The fourth-order valence-corrected chi connectivity index (χ4v) is 5.02. The first-order chi connectivity index (χ1) is 18.8. The second kappa shape index (κ2) is 26.5. The molecule has 7 heteroatoms. The van der Waals surface area contributed by atoms with Crippen molar-refractivity contribution in [2.45, 2.75) is 142 Å². The zero-order chi connectivity index (χ0) is 29.0. The first-order valence-electron chi connectivity index (χ1n) is 15.3. The van der Waals surface area contributed by atoms with Crippen LogP contribution >= 0.6 is 0 Å². The topological polar surface area (TPSA) is 104 Å². The van der Waals surface area contributed by atoms with E-state index < -0.39 is 28.0 Å². The normalized spacial score (nSPS) is 14.3. The Morgan fingerprint density at radius 1 is 0.718 bits per heavy atom. The molecule has 0 aliphatic carbocycles. The molecule has 0 rings (SSSR count). The summed E-state index contributed by atoms with van der Waals surface area (Å²) in [6.07, 6.45) is 33.6. The van der Waals surface area contributed by atoms with Crippen LogP contribution in [-0.4, -0.2) is 41.9 Å². The molecule has 0 aliphatic heterocycles. The predicted octanol–water partition coefficient (Wildman–Crippen LogP) is 8.01. The molecule has 0 aromatic rings. The number of allylic oxidation sites excluding steroid dienone is 8. The zero-order valence-electron chi connectivity index (χ0n) is 24.7. The van der Waals surface area contributed by atoms with Gasteiger partial charge in [0.25, 0.3) is 10.1 Å². The monoisotopic (exact) mass is 567 g/mol. The van der Waals surface area contributed by atoms with Crippen molar-refractivity contribution in [3.63, 3.8) is 0 Å². The van der Waals surface area contributed by atoms with Crippen molar-refractivity contribution in [1.82, 2.24) is 5.32 Å². The molecule has 0 bridgehead atoms. The first-order valence-corrected chi connectivity index (χ1v) is 16.9. The Bertz CT molecular complexity index is 801. The molecular weight excluding hydrogens is 510 g/mol. The van der Waals surface area contributed by atoms with Crippen LogP contribution in [0.2, 0.25) is 0 Å². The third-order valence-electron chi connectivity index (χ3n) is 6.55. The van der Waals surface area contributed by atoms with Gasteiger partial charge in [-0.1, -0.05) is 120 Å². The summed E-state index contributed by atoms with van der Waals surface area (Å²) < 4.78 is 32.1. The lowest BCUT2D eigenvalue weighted by molar-refractivity contribution is -0.122. The van der Waals surface area contributed by atoms with Gasteiger partial charge in [0, 0.05) is 6.42 Å². The van der Waals surface area contributed by atoms with Crippen molar-refractivity contribution >= 4 is 16.0 Å². The van der Waals surface area contributed by atoms with Gasteiger partial charge < -0.3 is 10.4 Å². The van der Waals surface area contributed by atoms with E-state index in [0.29, 0.717) is 12.8 Å². The number of rotatable bonds is 26. The van der Waals surface area contributed by atoms with Gasteiger partial charge in [0.1, 0.15) is 0 Å². The highest BCUT2D eigenvalue weighted by atomic mass is 32.2. The molecular formula is C32H57NO5S. The number of carbonyl (C=O) groups is 1. The maximum absolute atomic E-state index is 12.4. The van der Waals surface area contributed by atoms with Gasteiger partial charge in [-0.05, 0) is 51.4 Å². The number of aliphatic hydroxyl groups excluding tert-OH is 1. The molecule has 0 aromatic heterocycles. The summed E-state index contributed by atoms with van der Waals surface area (Å²) in [5.74, 6) is -0.938. The minimum atomic E-state index is -4.30. The minimum Gasteiger partial charge on any atom is -0.391 e. The summed E-state index contributed by atoms with van der Waals surface area (Å²) in [4.78, 5) is 12.4. The Morgan fingerprint density at radius 2 is 1.23 bits per heavy atom. The molecule has 2 atom stereocenters. The van der Waals surface area contributed by atoms with Gasteiger partial charge in [-0.15, -0.1) is 0 Å². The lowest BCUT2D eigenvalue weighted by atomic mass is 10.0. The van der Waals surface area contributed by atoms with Crippen LogP contribution in [0.4, 0.5) is 0 Å². The van der Waals surface area contributed by atoms with Crippen LogP contribution in [0, 0.1) is 0 Å². The fraction of sp³-hybridized carbons (Fsp3) is 0.719. The van der Waals surface area contributed by atoms with Crippen LogP contribution in [0.15, 0.2) is 48.6 Å². The highest BCUT2D eigenvalue weighted by Gasteiger charge is 2.25. The summed E-state index contributed by atoms with van der Waals surface area (Å²) in [5.41, 5.74) is 0. The standard InChI is InChI=1S/C32H57NO5S/c1-3-5-7-9-11-12-13-14-15-16-17-18-19-20-22-24-26-28-32(35)33-30(29-39(36,37)38)31(34)27-25-23-21-10-8-6-4-2/h5,7,11-12,14-15,17-18,30-31,34H,3-4,6,8-10,13,16,19-29H2,1-2H3,(H,33,35)(H,36,37,38)/b7-5-,12-11-,15-14-,18-17-. The average Bonchev–Trinajstić information content (AvgIpc) is 2.88. The van der Waals surface area contributed by atoms with Gasteiger partial charge in [0.05, 0.1) is 17.9 Å². The third kappa shape index (κ3) is 27.7. The Hall–Kier alpha value is -1.70. The van der Waals surface area contributed by atoms with E-state index in [1.54, 1.807) is 0 Å². The quantitative estimate of drug-likeness (QED) is 0.0558. The number of unbranched alkanes of at least 4 members (excludes halogenated alkanes) is 10. The van der Waals surface area contributed by atoms with E-state index in [1.807, 2.05) is 0 Å². The van der Waals surface area contributed by atoms with E-state index in [-0.39, 0.29) is 12.3 Å². The van der Waals surface area contributed by atoms with Crippen molar-refractivity contribution in [3.8, 4) is 0 Å². The van der Waals surface area contributed by atoms with E-state index in [4.69, 9.17) is 0 Å². The average molecular weight is 568 g/mol. The molecule has 6 nitrogen and oxygen atoms in total. The van der Waals surface area contributed by atoms with Crippen molar-refractivity contribution in [2.24, 2.45) is 0 Å². The van der Waals surface area contributed by atoms with E-state index in [1.165, 1.54) is 25.7 Å². The van der Waals surface area contributed by atoms with Crippen molar-refractivity contribution in [3.05, 3.63) is 48.6 Å². The zero-order valence-corrected chi connectivity index (χ0v) is 25.6. The Labute approximate surface area is 239 Å². The van der Waals surface area contributed by atoms with Gasteiger partial charge in [-0.2, -0.15) is 8.42 Å². The Kier molecular flexibility index (Phi) is 25.4. The Balaban J connectivity index is 4.03. The Morgan fingerprint density at radius 3 is 1.82 bits per heavy atom. The highest BCUT2D eigenvalue weighted by molar-refractivity contribution is 7.85. The molecule has 0 saturated carbocycles. The van der Waals surface area contributed by atoms with Gasteiger partial charge in [-0.25, -0.2) is 0 Å². The molecule has 0 heterocycles. The molecule has 0 aliphatic rings. The molecule has 3 N–H and O–H groups in total. The number of nitrogens with one attached hydrogen (secondary N) is 1. The molecule has 0 radical (unpaired) electrons. The predicted molar refractivity (Wildman–Crippen MR) is 165 cm³/mol. The van der Waals surface area contributed by atoms with Gasteiger partial charge in [0.2, 0.25) is 5.91 Å². The van der Waals surface area contributed by atoms with Crippen LogP contribution in [0.1, 0.15) is 129 Å². The van der Waals surface area contributed by atoms with Crippen LogP contribution in [0.5, 0.6) is 0 Å². The molecule has 2 unspecified atom stereocenters. The van der Waals surface area contributed by atoms with Crippen molar-refractivity contribution < 1.29 is 22.9 Å². The number of hydrogen-bond acceptors (Lipinski definition) is 4. The summed E-state index contributed by atoms with van der Waals surface area (Å²) in [6.45, 7) is 4.31. The number of hydrogen-bond donors (Lipinski definition) is 3. The van der Waals surface area contributed by atoms with E-state index >= 15 is 0 Å². The van der Waals surface area contributed by atoms with Gasteiger partial charge >= 0.3 is 0 Å². The summed E-state index contributed by atoms with van der Waals surface area (Å²) in [7, 11) is -4.30. The van der Waals surface area contributed by atoms with Crippen LogP contribution in [0.3, 0.4) is 0 Å². The van der Waals surface area contributed by atoms with Crippen molar-refractivity contribution in [1.29, 1.82) is 0 Å². The molecule has 0 aromatic carbocycles. The van der Waals surface area contributed by atoms with Crippen LogP contribution in [0.25, 0.3) is 0 Å². The highest BCUT2D eigenvalue weighted by Crippen LogP contribution is 2.13. The molecule has 1 amide bonds. The number of amides is 1.